The molecule has 0 fully saturated rings. The van der Waals surface area contributed by atoms with Crippen LogP contribution in [0.15, 0.2) is 29.2 Å². The van der Waals surface area contributed by atoms with Gasteiger partial charge in [0.15, 0.2) is 11.5 Å². The van der Waals surface area contributed by atoms with Gasteiger partial charge in [-0.05, 0) is 24.3 Å². The SMILES string of the molecule is COc1ccc2c(OC)c(S)ccc2c1OC. The van der Waals surface area contributed by atoms with Gasteiger partial charge in [-0.3, -0.25) is 0 Å². The Morgan fingerprint density at radius 3 is 1.94 bits per heavy atom. The van der Waals surface area contributed by atoms with Crippen LogP contribution in [-0.4, -0.2) is 21.3 Å². The minimum Gasteiger partial charge on any atom is -0.495 e. The standard InChI is InChI=1S/C13H14O3S/c1-14-10-6-4-9-8(12(10)15-2)5-7-11(17)13(9)16-3/h4-7,17H,1-3H3. The average molecular weight is 250 g/mol. The number of thiol groups is 1. The maximum atomic E-state index is 5.38. The maximum Gasteiger partial charge on any atom is 0.168 e. The van der Waals surface area contributed by atoms with Crippen LogP contribution in [0.25, 0.3) is 10.8 Å². The first-order valence-electron chi connectivity index (χ1n) is 5.13. The highest BCUT2D eigenvalue weighted by Crippen LogP contribution is 2.41. The molecule has 0 bridgehead atoms. The molecule has 0 saturated heterocycles. The molecule has 0 aromatic heterocycles. The van der Waals surface area contributed by atoms with Gasteiger partial charge in [-0.1, -0.05) is 0 Å². The molecule has 0 unspecified atom stereocenters. The van der Waals surface area contributed by atoms with Gasteiger partial charge in [0.1, 0.15) is 5.75 Å². The van der Waals surface area contributed by atoms with Crippen molar-refractivity contribution in [3.05, 3.63) is 24.3 Å². The zero-order valence-corrected chi connectivity index (χ0v) is 10.9. The summed E-state index contributed by atoms with van der Waals surface area (Å²) in [5.74, 6) is 2.15. The predicted molar refractivity (Wildman–Crippen MR) is 70.9 cm³/mol. The summed E-state index contributed by atoms with van der Waals surface area (Å²) < 4.78 is 16.0. The summed E-state index contributed by atoms with van der Waals surface area (Å²) in [7, 11) is 4.87. The lowest BCUT2D eigenvalue weighted by molar-refractivity contribution is 0.358. The van der Waals surface area contributed by atoms with Gasteiger partial charge >= 0.3 is 0 Å². The number of methoxy groups -OCH3 is 3. The van der Waals surface area contributed by atoms with E-state index < -0.39 is 0 Å². The normalized spacial score (nSPS) is 10.4. The summed E-state index contributed by atoms with van der Waals surface area (Å²) in [5.41, 5.74) is 0. The molecule has 0 heterocycles. The lowest BCUT2D eigenvalue weighted by Gasteiger charge is -2.13. The quantitative estimate of drug-likeness (QED) is 0.848. The molecule has 0 aliphatic heterocycles. The van der Waals surface area contributed by atoms with Crippen molar-refractivity contribution >= 4 is 23.4 Å². The van der Waals surface area contributed by atoms with Gasteiger partial charge in [0.25, 0.3) is 0 Å². The highest BCUT2D eigenvalue weighted by molar-refractivity contribution is 7.80. The molecule has 0 N–H and O–H groups in total. The Kier molecular flexibility index (Phi) is 3.33. The van der Waals surface area contributed by atoms with Crippen molar-refractivity contribution in [2.24, 2.45) is 0 Å². The summed E-state index contributed by atoms with van der Waals surface area (Å²) in [5, 5.41) is 1.90. The van der Waals surface area contributed by atoms with Crippen LogP contribution in [0.4, 0.5) is 0 Å². The van der Waals surface area contributed by atoms with E-state index in [-0.39, 0.29) is 0 Å². The highest BCUT2D eigenvalue weighted by atomic mass is 32.1. The van der Waals surface area contributed by atoms with Crippen LogP contribution >= 0.6 is 12.6 Å². The van der Waals surface area contributed by atoms with Crippen molar-refractivity contribution in [3.8, 4) is 17.2 Å². The monoisotopic (exact) mass is 250 g/mol. The fourth-order valence-electron chi connectivity index (χ4n) is 1.90. The molecular weight excluding hydrogens is 236 g/mol. The molecule has 0 radical (unpaired) electrons. The zero-order chi connectivity index (χ0) is 12.4. The molecule has 0 aliphatic carbocycles. The molecule has 2 aromatic carbocycles. The molecule has 2 aromatic rings. The molecule has 0 aliphatic rings. The Morgan fingerprint density at radius 1 is 0.765 bits per heavy atom. The van der Waals surface area contributed by atoms with Gasteiger partial charge in [0.2, 0.25) is 0 Å². The smallest absolute Gasteiger partial charge is 0.168 e. The Balaban J connectivity index is 2.83. The van der Waals surface area contributed by atoms with Crippen molar-refractivity contribution in [1.29, 1.82) is 0 Å². The Morgan fingerprint density at radius 2 is 1.35 bits per heavy atom. The number of hydrogen-bond acceptors (Lipinski definition) is 4. The van der Waals surface area contributed by atoms with Crippen LogP contribution in [0.1, 0.15) is 0 Å². The van der Waals surface area contributed by atoms with E-state index in [9.17, 15) is 0 Å². The average Bonchev–Trinajstić information content (AvgIpc) is 2.37. The molecule has 0 amide bonds. The lowest BCUT2D eigenvalue weighted by Crippen LogP contribution is -1.93. The number of rotatable bonds is 3. The van der Waals surface area contributed by atoms with Crippen LogP contribution < -0.4 is 14.2 Å². The van der Waals surface area contributed by atoms with Crippen molar-refractivity contribution < 1.29 is 14.2 Å². The van der Waals surface area contributed by atoms with Gasteiger partial charge < -0.3 is 14.2 Å². The third-order valence-corrected chi connectivity index (χ3v) is 3.03. The Labute approximate surface area is 106 Å². The minimum absolute atomic E-state index is 0.703. The second-order valence-electron chi connectivity index (χ2n) is 3.51. The van der Waals surface area contributed by atoms with Crippen molar-refractivity contribution in [1.82, 2.24) is 0 Å². The van der Waals surface area contributed by atoms with E-state index in [1.54, 1.807) is 21.3 Å². The molecular formula is C13H14O3S. The summed E-state index contributed by atoms with van der Waals surface area (Å²) in [6.07, 6.45) is 0. The van der Waals surface area contributed by atoms with E-state index in [0.29, 0.717) is 11.5 Å². The fraction of sp³-hybridized carbons (Fsp3) is 0.231. The summed E-state index contributed by atoms with van der Waals surface area (Å²) >= 11 is 4.37. The largest absolute Gasteiger partial charge is 0.495 e. The van der Waals surface area contributed by atoms with Crippen molar-refractivity contribution in [2.75, 3.05) is 21.3 Å². The van der Waals surface area contributed by atoms with Crippen LogP contribution in [0.5, 0.6) is 17.2 Å². The van der Waals surface area contributed by atoms with Gasteiger partial charge in [-0.15, -0.1) is 12.6 Å². The molecule has 90 valence electrons. The fourth-order valence-corrected chi connectivity index (χ4v) is 2.19. The van der Waals surface area contributed by atoms with E-state index in [1.807, 2.05) is 24.3 Å². The summed E-state index contributed by atoms with van der Waals surface area (Å²) in [6.45, 7) is 0. The van der Waals surface area contributed by atoms with Gasteiger partial charge in [-0.2, -0.15) is 0 Å². The predicted octanol–water partition coefficient (Wildman–Crippen LogP) is 3.15. The second kappa shape index (κ2) is 4.75. The topological polar surface area (TPSA) is 27.7 Å². The lowest BCUT2D eigenvalue weighted by atomic mass is 10.1. The van der Waals surface area contributed by atoms with Crippen LogP contribution in [0, 0.1) is 0 Å². The third kappa shape index (κ3) is 1.89. The molecule has 2 rings (SSSR count). The molecule has 0 atom stereocenters. The van der Waals surface area contributed by atoms with Gasteiger partial charge in [0, 0.05) is 15.7 Å². The van der Waals surface area contributed by atoms with E-state index in [1.165, 1.54) is 0 Å². The van der Waals surface area contributed by atoms with Crippen LogP contribution in [0.3, 0.4) is 0 Å². The van der Waals surface area contributed by atoms with Crippen molar-refractivity contribution in [3.63, 3.8) is 0 Å². The first kappa shape index (κ1) is 11.9. The van der Waals surface area contributed by atoms with Gasteiger partial charge in [0.05, 0.1) is 21.3 Å². The number of fused-ring (bicyclic) bond motifs is 1. The summed E-state index contributed by atoms with van der Waals surface area (Å²) in [6, 6.07) is 7.62. The number of benzene rings is 2. The molecule has 0 spiro atoms. The molecule has 3 nitrogen and oxygen atoms in total. The first-order chi connectivity index (χ1) is 8.22. The molecule has 17 heavy (non-hydrogen) atoms. The van der Waals surface area contributed by atoms with Crippen molar-refractivity contribution in [2.45, 2.75) is 4.90 Å². The van der Waals surface area contributed by atoms with E-state index in [0.717, 1.165) is 21.4 Å². The number of ether oxygens (including phenoxy) is 3. The number of hydrogen-bond donors (Lipinski definition) is 1. The van der Waals surface area contributed by atoms with Crippen LogP contribution in [0.2, 0.25) is 0 Å². The van der Waals surface area contributed by atoms with E-state index in [4.69, 9.17) is 14.2 Å². The van der Waals surface area contributed by atoms with E-state index >= 15 is 0 Å². The zero-order valence-electron chi connectivity index (χ0n) is 9.98. The first-order valence-corrected chi connectivity index (χ1v) is 5.58. The highest BCUT2D eigenvalue weighted by Gasteiger charge is 2.13. The summed E-state index contributed by atoms with van der Waals surface area (Å²) in [4.78, 5) is 0.798. The minimum atomic E-state index is 0.703. The molecule has 0 saturated carbocycles. The third-order valence-electron chi connectivity index (χ3n) is 2.67. The van der Waals surface area contributed by atoms with Gasteiger partial charge in [-0.25, -0.2) is 0 Å². The second-order valence-corrected chi connectivity index (χ2v) is 4.00. The molecule has 4 heteroatoms. The Hall–Kier alpha value is -1.55. The van der Waals surface area contributed by atoms with E-state index in [2.05, 4.69) is 12.6 Å². The van der Waals surface area contributed by atoms with Crippen LogP contribution in [-0.2, 0) is 0 Å². The Bertz CT molecular complexity index is 552. The maximum absolute atomic E-state index is 5.38.